The van der Waals surface area contributed by atoms with Gasteiger partial charge in [0.15, 0.2) is 11.5 Å². The van der Waals surface area contributed by atoms with Crippen molar-refractivity contribution in [2.75, 3.05) is 30.4 Å². The van der Waals surface area contributed by atoms with Gasteiger partial charge in [-0.3, -0.25) is 4.79 Å². The normalized spacial score (nSPS) is 11.0. The van der Waals surface area contributed by atoms with Gasteiger partial charge in [0.05, 0.1) is 24.6 Å². The van der Waals surface area contributed by atoms with Gasteiger partial charge in [-0.05, 0) is 44.2 Å². The molecule has 8 heteroatoms. The molecule has 0 saturated carbocycles. The monoisotopic (exact) mass is 382 g/mol. The van der Waals surface area contributed by atoms with Crippen molar-refractivity contribution in [3.8, 4) is 11.5 Å². The Balaban J connectivity index is 2.19. The van der Waals surface area contributed by atoms with E-state index >= 15 is 0 Å². The Hall–Kier alpha value is -2.90. The highest BCUT2D eigenvalue weighted by molar-refractivity contribution is 6.06. The van der Waals surface area contributed by atoms with Crippen LogP contribution in [0.3, 0.4) is 0 Å². The van der Waals surface area contributed by atoms with Crippen LogP contribution in [0.25, 0.3) is 0 Å². The molecule has 0 unspecified atom stereocenters. The van der Waals surface area contributed by atoms with Gasteiger partial charge in [0, 0.05) is 5.56 Å². The van der Waals surface area contributed by atoms with Crippen molar-refractivity contribution in [3.05, 3.63) is 48.0 Å². The summed E-state index contributed by atoms with van der Waals surface area (Å²) in [6.07, 6.45) is -4.36. The molecule has 0 fully saturated rings. The highest BCUT2D eigenvalue weighted by Crippen LogP contribution is 2.30. The zero-order chi connectivity index (χ0) is 19.9. The zero-order valence-corrected chi connectivity index (χ0v) is 15.0. The summed E-state index contributed by atoms with van der Waals surface area (Å²) >= 11 is 0. The Labute approximate surface area is 155 Å². The van der Waals surface area contributed by atoms with Crippen LogP contribution in [-0.4, -0.2) is 31.8 Å². The third-order valence-corrected chi connectivity index (χ3v) is 3.46. The number of anilines is 2. The minimum atomic E-state index is -4.36. The maximum atomic E-state index is 12.5. The molecule has 2 aromatic carbocycles. The molecule has 27 heavy (non-hydrogen) atoms. The predicted molar refractivity (Wildman–Crippen MR) is 97.7 cm³/mol. The van der Waals surface area contributed by atoms with E-state index in [0.717, 1.165) is 0 Å². The van der Waals surface area contributed by atoms with E-state index in [1.54, 1.807) is 24.3 Å². The van der Waals surface area contributed by atoms with Gasteiger partial charge in [-0.25, -0.2) is 0 Å². The van der Waals surface area contributed by atoms with Crippen LogP contribution in [0.5, 0.6) is 11.5 Å². The van der Waals surface area contributed by atoms with Crippen molar-refractivity contribution in [2.24, 2.45) is 0 Å². The lowest BCUT2D eigenvalue weighted by atomic mass is 10.1. The molecule has 1 amide bonds. The molecule has 146 valence electrons. The van der Waals surface area contributed by atoms with Gasteiger partial charge in [-0.2, -0.15) is 13.2 Å². The Bertz CT molecular complexity index is 779. The maximum absolute atomic E-state index is 12.5. The standard InChI is InChI=1S/C19H21F3N2O3/c1-3-26-16-10-9-13(11-17(16)27-4-2)18(25)24-15-8-6-5-7-14(15)23-12-19(20,21)22/h5-11,23H,3-4,12H2,1-2H3,(H,24,25). The minimum absolute atomic E-state index is 0.180. The number of ether oxygens (including phenoxy) is 2. The van der Waals surface area contributed by atoms with Crippen LogP contribution in [0.15, 0.2) is 42.5 Å². The number of hydrogen-bond acceptors (Lipinski definition) is 4. The summed E-state index contributed by atoms with van der Waals surface area (Å²) in [5.74, 6) is 0.471. The van der Waals surface area contributed by atoms with E-state index in [9.17, 15) is 18.0 Å². The molecule has 2 rings (SSSR count). The van der Waals surface area contributed by atoms with Crippen molar-refractivity contribution in [1.29, 1.82) is 0 Å². The lowest BCUT2D eigenvalue weighted by Crippen LogP contribution is -2.22. The maximum Gasteiger partial charge on any atom is 0.405 e. The van der Waals surface area contributed by atoms with Crippen molar-refractivity contribution in [2.45, 2.75) is 20.0 Å². The summed E-state index contributed by atoms with van der Waals surface area (Å²) in [6, 6.07) is 10.9. The quantitative estimate of drug-likeness (QED) is 0.694. The zero-order valence-electron chi connectivity index (χ0n) is 15.0. The molecule has 2 aromatic rings. The van der Waals surface area contributed by atoms with Crippen LogP contribution in [0, 0.1) is 0 Å². The van der Waals surface area contributed by atoms with Crippen LogP contribution < -0.4 is 20.1 Å². The van der Waals surface area contributed by atoms with E-state index in [2.05, 4.69) is 10.6 Å². The first kappa shape index (κ1) is 20.4. The van der Waals surface area contributed by atoms with Crippen LogP contribution in [0.2, 0.25) is 0 Å². The van der Waals surface area contributed by atoms with Gasteiger partial charge in [-0.1, -0.05) is 12.1 Å². The molecule has 0 atom stereocenters. The molecule has 2 N–H and O–H groups in total. The van der Waals surface area contributed by atoms with Crippen molar-refractivity contribution in [3.63, 3.8) is 0 Å². The highest BCUT2D eigenvalue weighted by atomic mass is 19.4. The Kier molecular flexibility index (Phi) is 6.92. The molecule has 0 aromatic heterocycles. The van der Waals surface area contributed by atoms with Gasteiger partial charge >= 0.3 is 6.18 Å². The Morgan fingerprint density at radius 1 is 0.963 bits per heavy atom. The van der Waals surface area contributed by atoms with Crippen molar-refractivity contribution < 1.29 is 27.4 Å². The molecular weight excluding hydrogens is 361 g/mol. The van der Waals surface area contributed by atoms with E-state index in [1.165, 1.54) is 18.2 Å². The fraction of sp³-hybridized carbons (Fsp3) is 0.316. The SMILES string of the molecule is CCOc1ccc(C(=O)Nc2ccccc2NCC(F)(F)F)cc1OCC. The summed E-state index contributed by atoms with van der Waals surface area (Å²) in [4.78, 5) is 12.5. The molecule has 0 bridgehead atoms. The number of amides is 1. The van der Waals surface area contributed by atoms with Crippen LogP contribution in [-0.2, 0) is 0 Å². The summed E-state index contributed by atoms with van der Waals surface area (Å²) in [6.45, 7) is 3.29. The lowest BCUT2D eigenvalue weighted by Gasteiger charge is -2.15. The van der Waals surface area contributed by atoms with Crippen LogP contribution >= 0.6 is 0 Å². The number of benzene rings is 2. The molecule has 0 saturated heterocycles. The van der Waals surface area contributed by atoms with Gasteiger partial charge in [-0.15, -0.1) is 0 Å². The van der Waals surface area contributed by atoms with Gasteiger partial charge < -0.3 is 20.1 Å². The number of halogens is 3. The third-order valence-electron chi connectivity index (χ3n) is 3.46. The highest BCUT2D eigenvalue weighted by Gasteiger charge is 2.27. The summed E-state index contributed by atoms with van der Waals surface area (Å²) in [7, 11) is 0. The molecule has 0 radical (unpaired) electrons. The van der Waals surface area contributed by atoms with Crippen LogP contribution in [0.1, 0.15) is 24.2 Å². The van der Waals surface area contributed by atoms with E-state index in [0.29, 0.717) is 30.3 Å². The van der Waals surface area contributed by atoms with Gasteiger partial charge in [0.1, 0.15) is 6.54 Å². The topological polar surface area (TPSA) is 59.6 Å². The number of nitrogens with one attached hydrogen (secondary N) is 2. The smallest absolute Gasteiger partial charge is 0.405 e. The average Bonchev–Trinajstić information content (AvgIpc) is 2.62. The molecule has 0 aliphatic carbocycles. The molecular formula is C19H21F3N2O3. The minimum Gasteiger partial charge on any atom is -0.490 e. The van der Waals surface area contributed by atoms with Gasteiger partial charge in [0.25, 0.3) is 5.91 Å². The lowest BCUT2D eigenvalue weighted by molar-refractivity contribution is -0.115. The van der Waals surface area contributed by atoms with E-state index in [-0.39, 0.29) is 11.4 Å². The predicted octanol–water partition coefficient (Wildman–Crippen LogP) is 4.71. The second-order valence-electron chi connectivity index (χ2n) is 5.50. The molecule has 0 aliphatic rings. The first-order valence-electron chi connectivity index (χ1n) is 8.44. The van der Waals surface area contributed by atoms with Gasteiger partial charge in [0.2, 0.25) is 0 Å². The second-order valence-corrected chi connectivity index (χ2v) is 5.50. The number of rotatable bonds is 8. The molecule has 0 heterocycles. The number of hydrogen-bond donors (Lipinski definition) is 2. The summed E-state index contributed by atoms with van der Waals surface area (Å²) in [5, 5.41) is 4.90. The summed E-state index contributed by atoms with van der Waals surface area (Å²) < 4.78 is 48.3. The van der Waals surface area contributed by atoms with E-state index in [1.807, 2.05) is 13.8 Å². The number of carbonyl (C=O) groups excluding carboxylic acids is 1. The first-order valence-corrected chi connectivity index (χ1v) is 8.44. The number of carbonyl (C=O) groups is 1. The Morgan fingerprint density at radius 3 is 2.22 bits per heavy atom. The fourth-order valence-electron chi connectivity index (χ4n) is 2.33. The van der Waals surface area contributed by atoms with Crippen molar-refractivity contribution >= 4 is 17.3 Å². The average molecular weight is 382 g/mol. The second kappa shape index (κ2) is 9.16. The van der Waals surface area contributed by atoms with Crippen LogP contribution in [0.4, 0.5) is 24.5 Å². The van der Waals surface area contributed by atoms with E-state index in [4.69, 9.17) is 9.47 Å². The molecule has 5 nitrogen and oxygen atoms in total. The Morgan fingerprint density at radius 2 is 1.59 bits per heavy atom. The van der Waals surface area contributed by atoms with E-state index < -0.39 is 18.6 Å². The fourth-order valence-corrected chi connectivity index (χ4v) is 2.33. The molecule has 0 aliphatic heterocycles. The third kappa shape index (κ3) is 6.09. The largest absolute Gasteiger partial charge is 0.490 e. The number of para-hydroxylation sites is 2. The molecule has 0 spiro atoms. The number of alkyl halides is 3. The van der Waals surface area contributed by atoms with Crippen molar-refractivity contribution in [1.82, 2.24) is 0 Å². The summed E-state index contributed by atoms with van der Waals surface area (Å²) in [5.41, 5.74) is 0.727. The first-order chi connectivity index (χ1) is 12.8.